The quantitative estimate of drug-likeness (QED) is 0.788. The lowest BCUT2D eigenvalue weighted by Gasteiger charge is -2.08. The van der Waals surface area contributed by atoms with E-state index in [0.29, 0.717) is 5.39 Å². The molecule has 0 heterocycles. The molecule has 0 unspecified atom stereocenters. The van der Waals surface area contributed by atoms with Crippen molar-refractivity contribution in [3.05, 3.63) is 35.9 Å². The van der Waals surface area contributed by atoms with Gasteiger partial charge in [0, 0.05) is 5.39 Å². The molecule has 0 saturated carbocycles. The molecule has 0 aliphatic rings. The monoisotopic (exact) mass is 237 g/mol. The molecule has 84 valence electrons. The van der Waals surface area contributed by atoms with Crippen LogP contribution in [0.1, 0.15) is 5.56 Å². The molecule has 2 aromatic rings. The Balaban J connectivity index is 3.04. The van der Waals surface area contributed by atoms with Gasteiger partial charge in [0.25, 0.3) is 0 Å². The van der Waals surface area contributed by atoms with Crippen molar-refractivity contribution in [1.82, 2.24) is 0 Å². The predicted octanol–water partition coefficient (Wildman–Crippen LogP) is 1.50. The van der Waals surface area contributed by atoms with E-state index < -0.39 is 10.0 Å². The van der Waals surface area contributed by atoms with Gasteiger partial charge in [-0.25, -0.2) is 13.6 Å². The third-order valence-electron chi connectivity index (χ3n) is 2.50. The second-order valence-electron chi connectivity index (χ2n) is 3.63. The third kappa shape index (κ3) is 1.64. The molecule has 0 radical (unpaired) electrons. The van der Waals surface area contributed by atoms with Gasteiger partial charge in [-0.3, -0.25) is 0 Å². The fourth-order valence-electron chi connectivity index (χ4n) is 1.74. The Morgan fingerprint density at radius 1 is 1.19 bits per heavy atom. The smallest absolute Gasteiger partial charge is 0.238 e. The minimum absolute atomic E-state index is 0.0498. The summed E-state index contributed by atoms with van der Waals surface area (Å²) in [6.07, 6.45) is 0. The molecule has 0 aliphatic heterocycles. The van der Waals surface area contributed by atoms with E-state index in [2.05, 4.69) is 0 Å². The average Bonchev–Trinajstić information content (AvgIpc) is 2.22. The second kappa shape index (κ2) is 3.47. The standard InChI is InChI=1S/C11H11NO3S/c1-7-5-6-9(13)11-8(7)3-2-4-10(11)16(12,14)15/h2-6,13H,1H3,(H2,12,14,15). The normalized spacial score (nSPS) is 11.9. The highest BCUT2D eigenvalue weighted by atomic mass is 32.2. The minimum atomic E-state index is -3.83. The van der Waals surface area contributed by atoms with Crippen LogP contribution in [-0.4, -0.2) is 13.5 Å². The fourth-order valence-corrected chi connectivity index (χ4v) is 2.51. The van der Waals surface area contributed by atoms with E-state index in [1.807, 2.05) is 6.92 Å². The first-order chi connectivity index (χ1) is 7.41. The molecule has 0 amide bonds. The maximum absolute atomic E-state index is 11.4. The summed E-state index contributed by atoms with van der Waals surface area (Å²) in [4.78, 5) is -0.0498. The molecule has 0 spiro atoms. The summed E-state index contributed by atoms with van der Waals surface area (Å²) >= 11 is 0. The number of fused-ring (bicyclic) bond motifs is 1. The number of hydrogen-bond donors (Lipinski definition) is 2. The van der Waals surface area contributed by atoms with Gasteiger partial charge in [0.15, 0.2) is 0 Å². The largest absolute Gasteiger partial charge is 0.507 e. The first kappa shape index (κ1) is 10.9. The third-order valence-corrected chi connectivity index (χ3v) is 3.46. The molecular weight excluding hydrogens is 226 g/mol. The van der Waals surface area contributed by atoms with Crippen LogP contribution in [0.25, 0.3) is 10.8 Å². The van der Waals surface area contributed by atoms with E-state index in [0.717, 1.165) is 5.56 Å². The number of nitrogens with two attached hydrogens (primary N) is 1. The number of sulfonamides is 1. The van der Waals surface area contributed by atoms with Crippen molar-refractivity contribution in [3.8, 4) is 5.75 Å². The van der Waals surface area contributed by atoms with Gasteiger partial charge in [0.05, 0.1) is 4.90 Å². The summed E-state index contributed by atoms with van der Waals surface area (Å²) in [5.41, 5.74) is 0.887. The van der Waals surface area contributed by atoms with Crippen molar-refractivity contribution in [3.63, 3.8) is 0 Å². The highest BCUT2D eigenvalue weighted by molar-refractivity contribution is 7.89. The Bertz CT molecular complexity index is 662. The minimum Gasteiger partial charge on any atom is -0.507 e. The Labute approximate surface area is 93.4 Å². The van der Waals surface area contributed by atoms with Gasteiger partial charge in [0.1, 0.15) is 5.75 Å². The van der Waals surface area contributed by atoms with Crippen molar-refractivity contribution >= 4 is 20.8 Å². The molecule has 0 bridgehead atoms. The molecule has 0 fully saturated rings. The van der Waals surface area contributed by atoms with Crippen molar-refractivity contribution in [2.75, 3.05) is 0 Å². The summed E-state index contributed by atoms with van der Waals surface area (Å²) < 4.78 is 22.8. The van der Waals surface area contributed by atoms with Crippen molar-refractivity contribution in [2.45, 2.75) is 11.8 Å². The van der Waals surface area contributed by atoms with Crippen molar-refractivity contribution in [1.29, 1.82) is 0 Å². The lowest BCUT2D eigenvalue weighted by Crippen LogP contribution is -2.12. The zero-order valence-corrected chi connectivity index (χ0v) is 9.45. The van der Waals surface area contributed by atoms with Crippen LogP contribution in [0.4, 0.5) is 0 Å². The van der Waals surface area contributed by atoms with Gasteiger partial charge in [-0.1, -0.05) is 18.2 Å². The summed E-state index contributed by atoms with van der Waals surface area (Å²) in [7, 11) is -3.83. The molecule has 0 saturated heterocycles. The number of aryl methyl sites for hydroxylation is 1. The molecule has 4 nitrogen and oxygen atoms in total. The van der Waals surface area contributed by atoms with Crippen molar-refractivity contribution < 1.29 is 13.5 Å². The Morgan fingerprint density at radius 3 is 2.50 bits per heavy atom. The fraction of sp³-hybridized carbons (Fsp3) is 0.0909. The number of rotatable bonds is 1. The summed E-state index contributed by atoms with van der Waals surface area (Å²) in [5.74, 6) is -0.0785. The lowest BCUT2D eigenvalue weighted by molar-refractivity contribution is 0.480. The summed E-state index contributed by atoms with van der Waals surface area (Å²) in [5, 5.41) is 15.8. The number of hydrogen-bond acceptors (Lipinski definition) is 3. The number of phenols is 1. The molecule has 0 aromatic heterocycles. The van der Waals surface area contributed by atoms with E-state index in [1.165, 1.54) is 12.1 Å². The van der Waals surface area contributed by atoms with Crippen molar-refractivity contribution in [2.24, 2.45) is 5.14 Å². The van der Waals surface area contributed by atoms with Gasteiger partial charge in [0.2, 0.25) is 10.0 Å². The summed E-state index contributed by atoms with van der Waals surface area (Å²) in [6, 6.07) is 7.93. The van der Waals surface area contributed by atoms with Gasteiger partial charge < -0.3 is 5.11 Å². The van der Waals surface area contributed by atoms with Gasteiger partial charge in [-0.05, 0) is 30.0 Å². The van der Waals surface area contributed by atoms with Crippen LogP contribution < -0.4 is 5.14 Å². The molecule has 0 aliphatic carbocycles. The Kier molecular flexibility index (Phi) is 2.36. The van der Waals surface area contributed by atoms with E-state index in [1.54, 1.807) is 18.2 Å². The molecule has 2 aromatic carbocycles. The predicted molar refractivity (Wildman–Crippen MR) is 61.7 cm³/mol. The Hall–Kier alpha value is -1.59. The van der Waals surface area contributed by atoms with E-state index >= 15 is 0 Å². The molecule has 16 heavy (non-hydrogen) atoms. The number of phenolic OH excluding ortho intramolecular Hbond substituents is 1. The number of benzene rings is 2. The maximum atomic E-state index is 11.4. The maximum Gasteiger partial charge on any atom is 0.238 e. The summed E-state index contributed by atoms with van der Waals surface area (Å²) in [6.45, 7) is 1.84. The highest BCUT2D eigenvalue weighted by Crippen LogP contribution is 2.32. The van der Waals surface area contributed by atoms with Crippen LogP contribution in [0.3, 0.4) is 0 Å². The molecule has 3 N–H and O–H groups in total. The van der Waals surface area contributed by atoms with E-state index in [4.69, 9.17) is 5.14 Å². The average molecular weight is 237 g/mol. The molecule has 0 atom stereocenters. The Morgan fingerprint density at radius 2 is 1.88 bits per heavy atom. The number of aromatic hydroxyl groups is 1. The topological polar surface area (TPSA) is 80.4 Å². The van der Waals surface area contributed by atoms with Crippen LogP contribution >= 0.6 is 0 Å². The van der Waals surface area contributed by atoms with E-state index in [-0.39, 0.29) is 16.0 Å². The van der Waals surface area contributed by atoms with Crippen LogP contribution in [0.15, 0.2) is 35.2 Å². The van der Waals surface area contributed by atoms with Crippen LogP contribution in [-0.2, 0) is 10.0 Å². The first-order valence-electron chi connectivity index (χ1n) is 4.65. The van der Waals surface area contributed by atoms with Gasteiger partial charge in [-0.15, -0.1) is 0 Å². The number of primary sulfonamides is 1. The van der Waals surface area contributed by atoms with Crippen LogP contribution in [0.2, 0.25) is 0 Å². The molecule has 5 heteroatoms. The SMILES string of the molecule is Cc1ccc(O)c2c(S(N)(=O)=O)cccc12. The zero-order valence-electron chi connectivity index (χ0n) is 8.64. The van der Waals surface area contributed by atoms with Crippen LogP contribution in [0, 0.1) is 6.92 Å². The molecule has 2 rings (SSSR count). The molecular formula is C11H11NO3S. The highest BCUT2D eigenvalue weighted by Gasteiger charge is 2.15. The zero-order chi connectivity index (χ0) is 11.9. The first-order valence-corrected chi connectivity index (χ1v) is 6.20. The van der Waals surface area contributed by atoms with Gasteiger partial charge >= 0.3 is 0 Å². The van der Waals surface area contributed by atoms with E-state index in [9.17, 15) is 13.5 Å². The lowest BCUT2D eigenvalue weighted by atomic mass is 10.0. The second-order valence-corrected chi connectivity index (χ2v) is 5.16. The van der Waals surface area contributed by atoms with Crippen LogP contribution in [0.5, 0.6) is 5.75 Å². The van der Waals surface area contributed by atoms with Gasteiger partial charge in [-0.2, -0.15) is 0 Å².